The highest BCUT2D eigenvalue weighted by molar-refractivity contribution is 5.69. The molecule has 2 rings (SSSR count). The van der Waals surface area contributed by atoms with Crippen LogP contribution in [0.4, 0.5) is 0 Å². The first-order chi connectivity index (χ1) is 12.7. The van der Waals surface area contributed by atoms with E-state index < -0.39 is 0 Å². The van der Waals surface area contributed by atoms with Gasteiger partial charge < -0.3 is 0 Å². The van der Waals surface area contributed by atoms with Gasteiger partial charge in [0.2, 0.25) is 0 Å². The van der Waals surface area contributed by atoms with Crippen molar-refractivity contribution in [2.75, 3.05) is 6.54 Å². The second-order valence-electron chi connectivity index (χ2n) is 7.40. The molecule has 0 aliphatic carbocycles. The summed E-state index contributed by atoms with van der Waals surface area (Å²) in [7, 11) is 0. The van der Waals surface area contributed by atoms with E-state index in [4.69, 9.17) is 5.84 Å². The zero-order valence-electron chi connectivity index (χ0n) is 17.1. The number of nitrogens with zero attached hydrogens (tertiary/aromatic N) is 2. The fraction of sp³-hybridized carbons (Fsp3) is 0.636. The summed E-state index contributed by atoms with van der Waals surface area (Å²) in [6.45, 7) is 7.54. The van der Waals surface area contributed by atoms with E-state index >= 15 is 0 Å². The van der Waals surface area contributed by atoms with Gasteiger partial charge in [-0.15, -0.1) is 5.12 Å². The quantitative estimate of drug-likeness (QED) is 0.382. The van der Waals surface area contributed by atoms with Crippen LogP contribution in [0.25, 0.3) is 5.70 Å². The van der Waals surface area contributed by atoms with Crippen LogP contribution in [-0.4, -0.2) is 16.8 Å². The first-order valence-corrected chi connectivity index (χ1v) is 10.6. The third-order valence-corrected chi connectivity index (χ3v) is 5.29. The van der Waals surface area contributed by atoms with Gasteiger partial charge in [0, 0.05) is 12.1 Å². The second kappa shape index (κ2) is 11.2. The predicted octanol–water partition coefficient (Wildman–Crippen LogP) is 5.52. The minimum absolute atomic E-state index is 0.918. The highest BCUT2D eigenvalue weighted by Crippen LogP contribution is 2.28. The summed E-state index contributed by atoms with van der Waals surface area (Å²) in [6.07, 6.45) is 13.0. The molecule has 0 bridgehead atoms. The van der Waals surface area contributed by atoms with Crippen LogP contribution < -0.4 is 11.3 Å². The van der Waals surface area contributed by atoms with E-state index in [1.807, 2.05) is 5.12 Å². The molecule has 0 amide bonds. The Morgan fingerprint density at radius 2 is 1.50 bits per heavy atom. The van der Waals surface area contributed by atoms with Crippen molar-refractivity contribution >= 4 is 5.70 Å². The van der Waals surface area contributed by atoms with Crippen LogP contribution in [0.2, 0.25) is 0 Å². The Bertz CT molecular complexity index is 567. The maximum Gasteiger partial charge on any atom is 0.0806 e. The Morgan fingerprint density at radius 3 is 2.12 bits per heavy atom. The van der Waals surface area contributed by atoms with Gasteiger partial charge in [-0.05, 0) is 25.3 Å². The maximum absolute atomic E-state index is 6.36. The topological polar surface area (TPSA) is 44.5 Å². The van der Waals surface area contributed by atoms with Gasteiger partial charge in [-0.2, -0.15) is 0 Å². The summed E-state index contributed by atoms with van der Waals surface area (Å²) in [4.78, 5) is 0. The SMILES string of the molecule is CCCCCCCCCCCN1NC(c2ccccc2C)=C(CC)N1N. The highest BCUT2D eigenvalue weighted by Gasteiger charge is 2.27. The number of unbranched alkanes of at least 4 members (excludes halogenated alkanes) is 8. The number of benzene rings is 1. The third kappa shape index (κ3) is 5.75. The van der Waals surface area contributed by atoms with Gasteiger partial charge in [-0.25, -0.2) is 11.0 Å². The van der Waals surface area contributed by atoms with Gasteiger partial charge >= 0.3 is 0 Å². The van der Waals surface area contributed by atoms with E-state index in [0.717, 1.165) is 24.4 Å². The predicted molar refractivity (Wildman–Crippen MR) is 111 cm³/mol. The molecule has 1 aliphatic rings. The van der Waals surface area contributed by atoms with Gasteiger partial charge in [-0.3, -0.25) is 5.43 Å². The van der Waals surface area contributed by atoms with E-state index in [0.29, 0.717) is 0 Å². The summed E-state index contributed by atoms with van der Waals surface area (Å²) < 4.78 is 0. The average Bonchev–Trinajstić information content (AvgIpc) is 2.96. The van der Waals surface area contributed by atoms with Crippen LogP contribution >= 0.6 is 0 Å². The van der Waals surface area contributed by atoms with Crippen LogP contribution in [0.3, 0.4) is 0 Å². The summed E-state index contributed by atoms with van der Waals surface area (Å²) >= 11 is 0. The van der Waals surface area contributed by atoms with Gasteiger partial charge in [0.1, 0.15) is 0 Å². The lowest BCUT2D eigenvalue weighted by Gasteiger charge is -2.26. The molecule has 1 aromatic carbocycles. The number of nitrogens with two attached hydrogens (primary N) is 1. The Morgan fingerprint density at radius 1 is 0.885 bits per heavy atom. The molecule has 0 atom stereocenters. The monoisotopic (exact) mass is 358 g/mol. The first-order valence-electron chi connectivity index (χ1n) is 10.6. The first kappa shape index (κ1) is 20.8. The third-order valence-electron chi connectivity index (χ3n) is 5.29. The largest absolute Gasteiger partial charge is 0.298 e. The molecule has 1 heterocycles. The Kier molecular flexibility index (Phi) is 8.99. The summed E-state index contributed by atoms with van der Waals surface area (Å²) in [5.74, 6) is 6.36. The van der Waals surface area contributed by atoms with Crippen molar-refractivity contribution in [3.8, 4) is 0 Å². The summed E-state index contributed by atoms with van der Waals surface area (Å²) in [5, 5.41) is 3.88. The molecule has 4 heteroatoms. The van der Waals surface area contributed by atoms with E-state index in [-0.39, 0.29) is 0 Å². The van der Waals surface area contributed by atoms with Gasteiger partial charge in [-0.1, -0.05) is 89.5 Å². The Balaban J connectivity index is 1.75. The molecule has 0 spiro atoms. The number of hydrogen-bond donors (Lipinski definition) is 2. The molecule has 0 radical (unpaired) electrons. The standard InChI is InChI=1S/C22H38N4/c1-4-6-7-8-9-10-11-12-15-18-25-24-22(21(5-2)26(25)23)20-17-14-13-16-19(20)3/h13-14,16-17,24H,4-12,15,18,23H2,1-3H3. The molecule has 1 aromatic rings. The van der Waals surface area contributed by atoms with E-state index in [1.165, 1.54) is 68.9 Å². The van der Waals surface area contributed by atoms with Crippen molar-refractivity contribution in [1.82, 2.24) is 15.7 Å². The smallest absolute Gasteiger partial charge is 0.0806 e. The highest BCUT2D eigenvalue weighted by atomic mass is 15.9. The van der Waals surface area contributed by atoms with E-state index in [2.05, 4.69) is 55.6 Å². The molecule has 26 heavy (non-hydrogen) atoms. The zero-order chi connectivity index (χ0) is 18.8. The number of hydrogen-bond acceptors (Lipinski definition) is 4. The normalized spacial score (nSPS) is 15.0. The average molecular weight is 359 g/mol. The molecule has 146 valence electrons. The number of nitrogens with one attached hydrogen (secondary N) is 1. The minimum Gasteiger partial charge on any atom is -0.298 e. The van der Waals surface area contributed by atoms with Crippen molar-refractivity contribution in [2.24, 2.45) is 5.84 Å². The molecule has 0 aromatic heterocycles. The lowest BCUT2D eigenvalue weighted by molar-refractivity contribution is -0.00629. The summed E-state index contributed by atoms with van der Waals surface area (Å²) in [6, 6.07) is 8.50. The minimum atomic E-state index is 0.918. The zero-order valence-corrected chi connectivity index (χ0v) is 17.1. The van der Waals surface area contributed by atoms with Crippen molar-refractivity contribution in [3.63, 3.8) is 0 Å². The van der Waals surface area contributed by atoms with Crippen molar-refractivity contribution < 1.29 is 0 Å². The number of allylic oxidation sites excluding steroid dienone is 1. The maximum atomic E-state index is 6.36. The Hall–Kier alpha value is -1.52. The van der Waals surface area contributed by atoms with Crippen LogP contribution in [0, 0.1) is 6.92 Å². The van der Waals surface area contributed by atoms with Gasteiger partial charge in [0.25, 0.3) is 0 Å². The number of hydrazine groups is 3. The molecular formula is C22H38N4. The molecule has 1 aliphatic heterocycles. The van der Waals surface area contributed by atoms with Crippen LogP contribution in [-0.2, 0) is 0 Å². The lowest BCUT2D eigenvalue weighted by atomic mass is 10.0. The molecule has 0 unspecified atom stereocenters. The van der Waals surface area contributed by atoms with Crippen molar-refractivity contribution in [1.29, 1.82) is 0 Å². The Labute approximate surface area is 160 Å². The summed E-state index contributed by atoms with van der Waals surface area (Å²) in [5.41, 5.74) is 8.38. The van der Waals surface area contributed by atoms with Crippen molar-refractivity contribution in [2.45, 2.75) is 85.0 Å². The fourth-order valence-electron chi connectivity index (χ4n) is 3.65. The van der Waals surface area contributed by atoms with E-state index in [1.54, 1.807) is 0 Å². The van der Waals surface area contributed by atoms with Crippen LogP contribution in [0.15, 0.2) is 30.0 Å². The lowest BCUT2D eigenvalue weighted by Crippen LogP contribution is -2.47. The molecule has 0 fully saturated rings. The van der Waals surface area contributed by atoms with E-state index in [9.17, 15) is 0 Å². The number of aryl methyl sites for hydroxylation is 1. The van der Waals surface area contributed by atoms with Crippen LogP contribution in [0.1, 0.15) is 89.2 Å². The number of rotatable bonds is 12. The van der Waals surface area contributed by atoms with Gasteiger partial charge in [0.05, 0.1) is 11.4 Å². The molecular weight excluding hydrogens is 320 g/mol. The fourth-order valence-corrected chi connectivity index (χ4v) is 3.65. The van der Waals surface area contributed by atoms with Crippen LogP contribution in [0.5, 0.6) is 0 Å². The molecule has 0 saturated carbocycles. The molecule has 3 N–H and O–H groups in total. The van der Waals surface area contributed by atoms with Crippen molar-refractivity contribution in [3.05, 3.63) is 41.1 Å². The molecule has 0 saturated heterocycles. The molecule has 4 nitrogen and oxygen atoms in total. The second-order valence-corrected chi connectivity index (χ2v) is 7.40. The van der Waals surface area contributed by atoms with Gasteiger partial charge in [0.15, 0.2) is 0 Å².